The predicted molar refractivity (Wildman–Crippen MR) is 113 cm³/mol. The van der Waals surface area contributed by atoms with E-state index in [2.05, 4.69) is 10.1 Å². The normalized spacial score (nSPS) is 27.9. The molecule has 35 heavy (non-hydrogen) atoms. The van der Waals surface area contributed by atoms with Crippen LogP contribution in [0.1, 0.15) is 54.7 Å². The molecule has 5 rings (SSSR count). The average molecular weight is 518 g/mol. The van der Waals surface area contributed by atoms with Gasteiger partial charge in [-0.15, -0.1) is 0 Å². The molecule has 13 heteroatoms. The van der Waals surface area contributed by atoms with Crippen LogP contribution < -0.4 is 4.74 Å². The van der Waals surface area contributed by atoms with Crippen molar-refractivity contribution in [1.82, 2.24) is 15.0 Å². The highest BCUT2D eigenvalue weighted by Crippen LogP contribution is 2.60. The second-order valence-corrected chi connectivity index (χ2v) is 11.9. The lowest BCUT2D eigenvalue weighted by Crippen LogP contribution is -2.35. The number of hydrogen-bond acceptors (Lipinski definition) is 7. The third-order valence-electron chi connectivity index (χ3n) is 7.07. The Morgan fingerprint density at radius 2 is 2.00 bits per heavy atom. The molecule has 3 unspecified atom stereocenters. The summed E-state index contributed by atoms with van der Waals surface area (Å²) in [5.41, 5.74) is -0.798. The highest BCUT2D eigenvalue weighted by Gasteiger charge is 2.66. The number of rotatable bonds is 7. The van der Waals surface area contributed by atoms with Gasteiger partial charge in [0.05, 0.1) is 15.9 Å². The minimum absolute atomic E-state index is 0.0297. The molecule has 1 amide bonds. The maximum atomic E-state index is 13.7. The number of carbonyl (C=O) groups excluding carboxylic acids is 1. The van der Waals surface area contributed by atoms with E-state index in [0.29, 0.717) is 13.3 Å². The van der Waals surface area contributed by atoms with E-state index in [-0.39, 0.29) is 53.4 Å². The van der Waals surface area contributed by atoms with Crippen molar-refractivity contribution in [2.45, 2.75) is 60.9 Å². The average Bonchev–Trinajstić information content (AvgIpc) is 3.43. The Kier molecular flexibility index (Phi) is 5.08. The van der Waals surface area contributed by atoms with Gasteiger partial charge in [0.2, 0.25) is 5.89 Å². The largest absolute Gasteiger partial charge is 0.484 e. The molecule has 2 heterocycles. The van der Waals surface area contributed by atoms with Crippen molar-refractivity contribution in [3.63, 3.8) is 0 Å². The van der Waals surface area contributed by atoms with Crippen LogP contribution in [0.3, 0.4) is 0 Å². The molecule has 2 aromatic rings. The van der Waals surface area contributed by atoms with Gasteiger partial charge in [-0.05, 0) is 37.5 Å². The van der Waals surface area contributed by atoms with Crippen LogP contribution in [0.5, 0.6) is 5.75 Å². The van der Waals surface area contributed by atoms with Crippen LogP contribution in [0.25, 0.3) is 0 Å². The van der Waals surface area contributed by atoms with E-state index in [4.69, 9.17) is 9.26 Å². The zero-order valence-corrected chi connectivity index (χ0v) is 19.9. The molecule has 0 radical (unpaired) electrons. The molecule has 1 aromatic heterocycles. The second kappa shape index (κ2) is 7.40. The maximum Gasteiger partial charge on any atom is 0.281 e. The first-order valence-electron chi connectivity index (χ1n) is 11.0. The van der Waals surface area contributed by atoms with Crippen LogP contribution in [0.4, 0.5) is 17.6 Å². The Balaban J connectivity index is 1.40. The molecule has 0 spiro atoms. The zero-order chi connectivity index (χ0) is 25.6. The van der Waals surface area contributed by atoms with Crippen LogP contribution in [0, 0.1) is 5.92 Å². The molecular weight excluding hydrogens is 494 g/mol. The zero-order valence-electron chi connectivity index (χ0n) is 19.1. The van der Waals surface area contributed by atoms with Crippen molar-refractivity contribution >= 4 is 15.7 Å². The van der Waals surface area contributed by atoms with Gasteiger partial charge in [0.1, 0.15) is 11.7 Å². The second-order valence-electron chi connectivity index (χ2n) is 9.86. The number of fused-ring (bicyclic) bond motifs is 1. The number of nitrogens with zero attached hydrogens (tertiary/aromatic N) is 3. The SMILES string of the molecule is C[C@H](Oc1ccc(S(C)(=O)=O)cc1C(=O)N1CC2CC2(c2noc(C3CC3(F)F)n2)C1)C(C)(F)F. The van der Waals surface area contributed by atoms with Crippen LogP contribution >= 0.6 is 0 Å². The summed E-state index contributed by atoms with van der Waals surface area (Å²) in [5, 5.41) is 3.89. The fourth-order valence-electron chi connectivity index (χ4n) is 4.52. The van der Waals surface area contributed by atoms with Crippen molar-refractivity contribution in [1.29, 1.82) is 0 Å². The molecule has 2 aliphatic carbocycles. The van der Waals surface area contributed by atoms with Gasteiger partial charge in [-0.2, -0.15) is 4.98 Å². The summed E-state index contributed by atoms with van der Waals surface area (Å²) in [7, 11) is -3.69. The molecule has 1 aromatic carbocycles. The van der Waals surface area contributed by atoms with E-state index >= 15 is 0 Å². The van der Waals surface area contributed by atoms with Gasteiger partial charge < -0.3 is 14.2 Å². The number of carbonyl (C=O) groups is 1. The molecule has 1 aliphatic heterocycles. The molecule has 2 saturated carbocycles. The van der Waals surface area contributed by atoms with E-state index in [1.165, 1.54) is 17.0 Å². The van der Waals surface area contributed by atoms with Crippen molar-refractivity contribution in [3.05, 3.63) is 35.5 Å². The highest BCUT2D eigenvalue weighted by molar-refractivity contribution is 7.90. The topological polar surface area (TPSA) is 103 Å². The lowest BCUT2D eigenvalue weighted by molar-refractivity contribution is -0.0720. The number of halogens is 4. The van der Waals surface area contributed by atoms with Gasteiger partial charge in [-0.25, -0.2) is 26.0 Å². The molecule has 3 aliphatic rings. The quantitative estimate of drug-likeness (QED) is 0.519. The van der Waals surface area contributed by atoms with E-state index in [9.17, 15) is 30.8 Å². The molecular formula is C22H23F4N3O5S. The van der Waals surface area contributed by atoms with Gasteiger partial charge in [0, 0.05) is 32.7 Å². The maximum absolute atomic E-state index is 13.7. The first kappa shape index (κ1) is 24.0. The van der Waals surface area contributed by atoms with Crippen molar-refractivity contribution < 1.29 is 40.0 Å². The number of ether oxygens (including phenoxy) is 1. The van der Waals surface area contributed by atoms with Crippen molar-refractivity contribution in [2.75, 3.05) is 19.3 Å². The Bertz CT molecular complexity index is 1310. The van der Waals surface area contributed by atoms with E-state index in [1.54, 1.807) is 0 Å². The molecule has 190 valence electrons. The van der Waals surface area contributed by atoms with Gasteiger partial charge in [-0.3, -0.25) is 4.79 Å². The van der Waals surface area contributed by atoms with Crippen LogP contribution in [0.15, 0.2) is 27.6 Å². The Hall–Kier alpha value is -2.70. The molecule has 8 nitrogen and oxygen atoms in total. The van der Waals surface area contributed by atoms with Crippen LogP contribution in [0.2, 0.25) is 0 Å². The van der Waals surface area contributed by atoms with Gasteiger partial charge >= 0.3 is 0 Å². The number of aromatic nitrogens is 2. The minimum Gasteiger partial charge on any atom is -0.484 e. The highest BCUT2D eigenvalue weighted by atomic mass is 32.2. The van der Waals surface area contributed by atoms with Crippen LogP contribution in [-0.4, -0.2) is 66.7 Å². The summed E-state index contributed by atoms with van der Waals surface area (Å²) in [4.78, 5) is 18.9. The molecule has 3 fully saturated rings. The lowest BCUT2D eigenvalue weighted by atomic mass is 10.1. The first-order chi connectivity index (χ1) is 16.1. The standard InChI is InChI=1S/C22H23F4N3O5S/c1-11(20(2,23)24)33-16-5-4-13(35(3,31)32)6-14(16)18(30)29-9-12-7-21(12,10-29)19-27-17(34-28-19)15-8-22(15,25)26/h4-6,11-12,15H,7-10H2,1-3H3/t11-,12?,15?,21?/m0/s1. The lowest BCUT2D eigenvalue weighted by Gasteiger charge is -2.25. The van der Waals surface area contributed by atoms with Crippen LogP contribution in [-0.2, 0) is 15.3 Å². The molecule has 0 bridgehead atoms. The predicted octanol–water partition coefficient (Wildman–Crippen LogP) is 3.43. The monoisotopic (exact) mass is 517 g/mol. The Labute approximate surface area is 198 Å². The summed E-state index contributed by atoms with van der Waals surface area (Å²) in [5.74, 6) is -7.80. The van der Waals surface area contributed by atoms with E-state index < -0.39 is 45.0 Å². The summed E-state index contributed by atoms with van der Waals surface area (Å²) >= 11 is 0. The Morgan fingerprint density at radius 3 is 2.60 bits per heavy atom. The fraction of sp³-hybridized carbons (Fsp3) is 0.591. The van der Waals surface area contributed by atoms with Crippen molar-refractivity contribution in [3.8, 4) is 5.75 Å². The summed E-state index contributed by atoms with van der Waals surface area (Å²) in [6.45, 7) is 2.26. The van der Waals surface area contributed by atoms with Gasteiger partial charge in [0.15, 0.2) is 21.8 Å². The number of alkyl halides is 4. The van der Waals surface area contributed by atoms with Gasteiger partial charge in [0.25, 0.3) is 17.8 Å². The number of amides is 1. The van der Waals surface area contributed by atoms with Crippen molar-refractivity contribution in [2.24, 2.45) is 5.92 Å². The van der Waals surface area contributed by atoms with E-state index in [1.807, 2.05) is 0 Å². The third kappa shape index (κ3) is 4.17. The Morgan fingerprint density at radius 1 is 1.31 bits per heavy atom. The minimum atomic E-state index is -3.69. The number of piperidine rings is 1. The fourth-order valence-corrected chi connectivity index (χ4v) is 5.17. The molecule has 1 saturated heterocycles. The summed E-state index contributed by atoms with van der Waals surface area (Å²) in [6, 6.07) is 3.50. The molecule has 4 atom stereocenters. The third-order valence-corrected chi connectivity index (χ3v) is 8.18. The van der Waals surface area contributed by atoms with Gasteiger partial charge in [-0.1, -0.05) is 5.16 Å². The number of benzene rings is 1. The van der Waals surface area contributed by atoms with E-state index in [0.717, 1.165) is 19.2 Å². The smallest absolute Gasteiger partial charge is 0.281 e. The number of sulfone groups is 1. The number of likely N-dealkylation sites (tertiary alicyclic amines) is 1. The molecule has 0 N–H and O–H groups in total. The summed E-state index contributed by atoms with van der Waals surface area (Å²) < 4.78 is 88.7. The summed E-state index contributed by atoms with van der Waals surface area (Å²) in [6.07, 6.45) is -0.306. The number of hydrogen-bond donors (Lipinski definition) is 0. The first-order valence-corrected chi connectivity index (χ1v) is 12.9.